The van der Waals surface area contributed by atoms with E-state index in [1.165, 1.54) is 0 Å². The van der Waals surface area contributed by atoms with E-state index in [0.717, 1.165) is 5.56 Å². The number of halogens is 1. The fraction of sp³-hybridized carbons (Fsp3) is 0.467. The zero-order chi connectivity index (χ0) is 15.5. The lowest BCUT2D eigenvalue weighted by Gasteiger charge is -2.27. The van der Waals surface area contributed by atoms with Gasteiger partial charge < -0.3 is 10.4 Å². The number of rotatable bonds is 4. The molecule has 0 bridgehead atoms. The van der Waals surface area contributed by atoms with Crippen LogP contribution in [0.2, 0.25) is 5.02 Å². The van der Waals surface area contributed by atoms with Crippen LogP contribution in [0.15, 0.2) is 24.3 Å². The highest BCUT2D eigenvalue weighted by atomic mass is 35.5. The molecular formula is C15H20ClNO3. The van der Waals surface area contributed by atoms with Crippen LogP contribution < -0.4 is 5.32 Å². The molecule has 1 rings (SSSR count). The second-order valence-electron chi connectivity index (χ2n) is 5.92. The Kier molecular flexibility index (Phi) is 5.17. The quantitative estimate of drug-likeness (QED) is 0.838. The molecule has 0 aliphatic carbocycles. The molecule has 1 amide bonds. The molecule has 4 nitrogen and oxygen atoms in total. The lowest BCUT2D eigenvalue weighted by molar-refractivity contribution is -0.151. The van der Waals surface area contributed by atoms with Crippen LogP contribution in [0.3, 0.4) is 0 Å². The Morgan fingerprint density at radius 1 is 1.20 bits per heavy atom. The molecule has 2 unspecified atom stereocenters. The first-order valence-corrected chi connectivity index (χ1v) is 6.79. The maximum atomic E-state index is 12.2. The molecule has 0 aliphatic rings. The zero-order valence-electron chi connectivity index (χ0n) is 12.1. The van der Waals surface area contributed by atoms with Crippen molar-refractivity contribution < 1.29 is 14.7 Å². The predicted octanol–water partition coefficient (Wildman–Crippen LogP) is 3.26. The van der Waals surface area contributed by atoms with Crippen molar-refractivity contribution in [3.8, 4) is 0 Å². The van der Waals surface area contributed by atoms with Crippen LogP contribution in [-0.2, 0) is 9.59 Å². The minimum atomic E-state index is -1.11. The largest absolute Gasteiger partial charge is 0.481 e. The molecular weight excluding hydrogens is 278 g/mol. The number of benzene rings is 1. The molecule has 1 aromatic carbocycles. The van der Waals surface area contributed by atoms with Crippen molar-refractivity contribution >= 4 is 23.5 Å². The van der Waals surface area contributed by atoms with Crippen molar-refractivity contribution in [3.63, 3.8) is 0 Å². The standard InChI is InChI=1S/C15H20ClNO3/c1-9(10-5-7-11(16)8-6-10)17-13(18)12(14(19)20)15(2,3)4/h5-9,12H,1-4H3,(H,17,18)(H,19,20). The average Bonchev–Trinajstić information content (AvgIpc) is 2.26. The number of carboxylic acid groups (broad SMARTS) is 1. The summed E-state index contributed by atoms with van der Waals surface area (Å²) >= 11 is 5.81. The van der Waals surface area contributed by atoms with Gasteiger partial charge in [0.05, 0.1) is 6.04 Å². The monoisotopic (exact) mass is 297 g/mol. The Balaban J connectivity index is 2.83. The van der Waals surface area contributed by atoms with Gasteiger partial charge in [0.15, 0.2) is 0 Å². The van der Waals surface area contributed by atoms with E-state index in [1.54, 1.807) is 45.0 Å². The SMILES string of the molecule is CC(NC(=O)C(C(=O)O)C(C)(C)C)c1ccc(Cl)cc1. The minimum absolute atomic E-state index is 0.274. The van der Waals surface area contributed by atoms with E-state index in [9.17, 15) is 14.7 Å². The van der Waals surface area contributed by atoms with E-state index in [4.69, 9.17) is 11.6 Å². The van der Waals surface area contributed by atoms with Gasteiger partial charge in [-0.05, 0) is 30.0 Å². The van der Waals surface area contributed by atoms with E-state index in [-0.39, 0.29) is 6.04 Å². The summed E-state index contributed by atoms with van der Waals surface area (Å²) in [5, 5.41) is 12.6. The minimum Gasteiger partial charge on any atom is -0.481 e. The molecule has 2 atom stereocenters. The van der Waals surface area contributed by atoms with Crippen LogP contribution in [0.25, 0.3) is 0 Å². The van der Waals surface area contributed by atoms with Crippen molar-refractivity contribution in [1.29, 1.82) is 0 Å². The van der Waals surface area contributed by atoms with Crippen LogP contribution >= 0.6 is 11.6 Å². The topological polar surface area (TPSA) is 66.4 Å². The maximum absolute atomic E-state index is 12.2. The second-order valence-corrected chi connectivity index (χ2v) is 6.36. The third-order valence-corrected chi connectivity index (χ3v) is 3.36. The molecule has 0 aliphatic heterocycles. The first kappa shape index (κ1) is 16.5. The molecule has 0 spiro atoms. The van der Waals surface area contributed by atoms with Gasteiger partial charge in [0.1, 0.15) is 5.92 Å². The number of carbonyl (C=O) groups excluding carboxylic acids is 1. The highest BCUT2D eigenvalue weighted by Crippen LogP contribution is 2.27. The summed E-state index contributed by atoms with van der Waals surface area (Å²) in [5.74, 6) is -2.68. The van der Waals surface area contributed by atoms with Gasteiger partial charge in [-0.15, -0.1) is 0 Å². The zero-order valence-corrected chi connectivity index (χ0v) is 12.9. The van der Waals surface area contributed by atoms with Crippen molar-refractivity contribution in [2.45, 2.75) is 33.7 Å². The van der Waals surface area contributed by atoms with Crippen LogP contribution in [0, 0.1) is 11.3 Å². The Labute approximate surface area is 124 Å². The molecule has 0 saturated heterocycles. The van der Waals surface area contributed by atoms with Crippen LogP contribution in [0.5, 0.6) is 0 Å². The highest BCUT2D eigenvalue weighted by molar-refractivity contribution is 6.30. The molecule has 0 aromatic heterocycles. The Morgan fingerprint density at radius 2 is 1.70 bits per heavy atom. The number of aliphatic carboxylic acids is 1. The van der Waals surface area contributed by atoms with Crippen molar-refractivity contribution in [2.24, 2.45) is 11.3 Å². The van der Waals surface area contributed by atoms with Gasteiger partial charge in [-0.3, -0.25) is 9.59 Å². The lowest BCUT2D eigenvalue weighted by Crippen LogP contribution is -2.43. The molecule has 110 valence electrons. The molecule has 0 heterocycles. The highest BCUT2D eigenvalue weighted by Gasteiger charge is 2.38. The number of carbonyl (C=O) groups is 2. The summed E-state index contributed by atoms with van der Waals surface area (Å²) in [4.78, 5) is 23.4. The average molecular weight is 298 g/mol. The summed E-state index contributed by atoms with van der Waals surface area (Å²) < 4.78 is 0. The summed E-state index contributed by atoms with van der Waals surface area (Å²) in [6, 6.07) is 6.81. The van der Waals surface area contributed by atoms with E-state index >= 15 is 0 Å². The van der Waals surface area contributed by atoms with Crippen LogP contribution in [0.4, 0.5) is 0 Å². The molecule has 0 saturated carbocycles. The van der Waals surface area contributed by atoms with Gasteiger partial charge in [0, 0.05) is 5.02 Å². The van der Waals surface area contributed by atoms with E-state index in [0.29, 0.717) is 5.02 Å². The van der Waals surface area contributed by atoms with Crippen molar-refractivity contribution in [3.05, 3.63) is 34.9 Å². The number of hydrogen-bond acceptors (Lipinski definition) is 2. The van der Waals surface area contributed by atoms with Gasteiger partial charge in [-0.25, -0.2) is 0 Å². The van der Waals surface area contributed by atoms with Gasteiger partial charge in [-0.2, -0.15) is 0 Å². The van der Waals surface area contributed by atoms with Gasteiger partial charge in [0.2, 0.25) is 5.91 Å². The van der Waals surface area contributed by atoms with E-state index < -0.39 is 23.2 Å². The van der Waals surface area contributed by atoms with Gasteiger partial charge >= 0.3 is 5.97 Å². The predicted molar refractivity (Wildman–Crippen MR) is 78.6 cm³/mol. The summed E-state index contributed by atoms with van der Waals surface area (Å²) in [5.41, 5.74) is 0.233. The fourth-order valence-electron chi connectivity index (χ4n) is 2.01. The van der Waals surface area contributed by atoms with E-state index in [1.807, 2.05) is 6.92 Å². The first-order chi connectivity index (χ1) is 9.12. The molecule has 20 heavy (non-hydrogen) atoms. The maximum Gasteiger partial charge on any atom is 0.316 e. The number of nitrogens with one attached hydrogen (secondary N) is 1. The van der Waals surface area contributed by atoms with Gasteiger partial charge in [0.25, 0.3) is 0 Å². The molecule has 0 fully saturated rings. The summed E-state index contributed by atoms with van der Waals surface area (Å²) in [6.45, 7) is 7.01. The van der Waals surface area contributed by atoms with Crippen molar-refractivity contribution in [1.82, 2.24) is 5.32 Å². The third-order valence-electron chi connectivity index (χ3n) is 3.10. The Hall–Kier alpha value is -1.55. The van der Waals surface area contributed by atoms with E-state index in [2.05, 4.69) is 5.32 Å². The number of amides is 1. The second kappa shape index (κ2) is 6.27. The summed E-state index contributed by atoms with van der Waals surface area (Å²) in [6.07, 6.45) is 0. The number of carboxylic acids is 1. The molecule has 1 aromatic rings. The molecule has 0 radical (unpaired) electrons. The first-order valence-electron chi connectivity index (χ1n) is 6.41. The van der Waals surface area contributed by atoms with Crippen LogP contribution in [0.1, 0.15) is 39.3 Å². The third kappa shape index (κ3) is 4.23. The summed E-state index contributed by atoms with van der Waals surface area (Å²) in [7, 11) is 0. The normalized spacial score (nSPS) is 14.4. The molecule has 2 N–H and O–H groups in total. The van der Waals surface area contributed by atoms with Crippen LogP contribution in [-0.4, -0.2) is 17.0 Å². The Morgan fingerprint density at radius 3 is 2.10 bits per heavy atom. The van der Waals surface area contributed by atoms with Crippen molar-refractivity contribution in [2.75, 3.05) is 0 Å². The van der Waals surface area contributed by atoms with Gasteiger partial charge in [-0.1, -0.05) is 44.5 Å². The fourth-order valence-corrected chi connectivity index (χ4v) is 2.13. The molecule has 5 heteroatoms. The lowest BCUT2D eigenvalue weighted by atomic mass is 9.80. The smallest absolute Gasteiger partial charge is 0.316 e. The number of hydrogen-bond donors (Lipinski definition) is 2. The Bertz CT molecular complexity index is 491.